The van der Waals surface area contributed by atoms with E-state index in [1.807, 2.05) is 12.1 Å². The zero-order chi connectivity index (χ0) is 9.19. The Morgan fingerprint density at radius 1 is 1.23 bits per heavy atom. The van der Waals surface area contributed by atoms with Crippen LogP contribution in [0.15, 0.2) is 24.5 Å². The second kappa shape index (κ2) is 4.58. The molecule has 1 atom stereocenters. The zero-order valence-electron chi connectivity index (χ0n) is 8.32. The van der Waals surface area contributed by atoms with E-state index < -0.39 is 0 Å². The maximum atomic E-state index is 6.04. The van der Waals surface area contributed by atoms with E-state index in [4.69, 9.17) is 5.73 Å². The minimum absolute atomic E-state index is 0. The van der Waals surface area contributed by atoms with E-state index in [0.29, 0.717) is 0 Å². The lowest BCUT2D eigenvalue weighted by atomic mass is 9.83. The molecule has 0 bridgehead atoms. The van der Waals surface area contributed by atoms with Gasteiger partial charge in [0, 0.05) is 18.4 Å². The van der Waals surface area contributed by atoms with Gasteiger partial charge >= 0.3 is 0 Å². The van der Waals surface area contributed by atoms with Crippen LogP contribution in [0.1, 0.15) is 32.4 Å². The highest BCUT2D eigenvalue weighted by atomic mass is 35.5. The first-order valence-corrected chi connectivity index (χ1v) is 4.17. The number of halogens is 1. The van der Waals surface area contributed by atoms with Gasteiger partial charge in [-0.05, 0) is 23.1 Å². The molecule has 1 heterocycles. The lowest BCUT2D eigenvalue weighted by molar-refractivity contribution is 0.327. The van der Waals surface area contributed by atoms with Crippen molar-refractivity contribution in [2.45, 2.75) is 26.8 Å². The van der Waals surface area contributed by atoms with Crippen molar-refractivity contribution in [1.29, 1.82) is 0 Å². The molecule has 0 spiro atoms. The number of hydrogen-bond donors (Lipinski definition) is 1. The van der Waals surface area contributed by atoms with E-state index in [0.717, 1.165) is 5.56 Å². The van der Waals surface area contributed by atoms with E-state index in [1.54, 1.807) is 12.4 Å². The van der Waals surface area contributed by atoms with Gasteiger partial charge in [0.1, 0.15) is 0 Å². The molecule has 0 aliphatic heterocycles. The molecule has 1 rings (SSSR count). The van der Waals surface area contributed by atoms with Gasteiger partial charge in [0.2, 0.25) is 0 Å². The molecule has 0 radical (unpaired) electrons. The topological polar surface area (TPSA) is 38.9 Å². The van der Waals surface area contributed by atoms with Crippen molar-refractivity contribution in [1.82, 2.24) is 4.98 Å². The monoisotopic (exact) mass is 200 g/mol. The highest BCUT2D eigenvalue weighted by Gasteiger charge is 2.21. The third-order valence-corrected chi connectivity index (χ3v) is 2.00. The summed E-state index contributed by atoms with van der Waals surface area (Å²) in [7, 11) is 0. The first-order valence-electron chi connectivity index (χ1n) is 4.17. The molecule has 0 saturated heterocycles. The molecule has 0 aliphatic rings. The molecule has 0 fully saturated rings. The molecule has 0 aromatic carbocycles. The fourth-order valence-electron chi connectivity index (χ4n) is 1.07. The van der Waals surface area contributed by atoms with Gasteiger partial charge in [-0.15, -0.1) is 12.4 Å². The Labute approximate surface area is 86.0 Å². The fraction of sp³-hybridized carbons (Fsp3) is 0.500. The van der Waals surface area contributed by atoms with Crippen LogP contribution in [0.4, 0.5) is 0 Å². The molecule has 2 N–H and O–H groups in total. The molecule has 0 saturated carbocycles. The standard InChI is InChI=1S/C10H16N2.ClH/c1-10(2,3)9(11)8-4-6-12-7-5-8;/h4-7,9H,11H2,1-3H3;1H/t9-;/m1./s1. The predicted octanol–water partition coefficient (Wildman–Crippen LogP) is 2.55. The normalized spacial score (nSPS) is 13.2. The van der Waals surface area contributed by atoms with Crippen molar-refractivity contribution in [3.05, 3.63) is 30.1 Å². The fourth-order valence-corrected chi connectivity index (χ4v) is 1.07. The van der Waals surface area contributed by atoms with Crippen LogP contribution in [0.3, 0.4) is 0 Å². The molecular formula is C10H17ClN2. The lowest BCUT2D eigenvalue weighted by Crippen LogP contribution is -2.26. The molecule has 1 aromatic rings. The van der Waals surface area contributed by atoms with Crippen LogP contribution in [0, 0.1) is 5.41 Å². The van der Waals surface area contributed by atoms with Crippen molar-refractivity contribution < 1.29 is 0 Å². The van der Waals surface area contributed by atoms with Gasteiger partial charge < -0.3 is 5.73 Å². The van der Waals surface area contributed by atoms with E-state index in [-0.39, 0.29) is 23.9 Å². The summed E-state index contributed by atoms with van der Waals surface area (Å²) in [6.45, 7) is 6.41. The summed E-state index contributed by atoms with van der Waals surface area (Å²) in [6, 6.07) is 4.02. The van der Waals surface area contributed by atoms with Crippen LogP contribution in [0.2, 0.25) is 0 Å². The maximum absolute atomic E-state index is 6.04. The van der Waals surface area contributed by atoms with E-state index in [1.165, 1.54) is 0 Å². The number of aromatic nitrogens is 1. The average molecular weight is 201 g/mol. The Balaban J connectivity index is 0.00000144. The van der Waals surface area contributed by atoms with Crippen LogP contribution in [0.25, 0.3) is 0 Å². The van der Waals surface area contributed by atoms with Crippen LogP contribution in [0.5, 0.6) is 0 Å². The summed E-state index contributed by atoms with van der Waals surface area (Å²) >= 11 is 0. The van der Waals surface area contributed by atoms with Crippen molar-refractivity contribution in [3.8, 4) is 0 Å². The molecule has 0 aliphatic carbocycles. The molecule has 13 heavy (non-hydrogen) atoms. The summed E-state index contributed by atoms with van der Waals surface area (Å²) in [5.41, 5.74) is 7.31. The summed E-state index contributed by atoms with van der Waals surface area (Å²) in [5, 5.41) is 0. The number of hydrogen-bond acceptors (Lipinski definition) is 2. The van der Waals surface area contributed by atoms with Gasteiger partial charge in [-0.2, -0.15) is 0 Å². The Morgan fingerprint density at radius 3 is 2.08 bits per heavy atom. The lowest BCUT2D eigenvalue weighted by Gasteiger charge is -2.27. The molecule has 1 aromatic heterocycles. The third-order valence-electron chi connectivity index (χ3n) is 2.00. The highest BCUT2D eigenvalue weighted by molar-refractivity contribution is 5.85. The Bertz CT molecular complexity index is 241. The highest BCUT2D eigenvalue weighted by Crippen LogP contribution is 2.29. The van der Waals surface area contributed by atoms with Crippen LogP contribution >= 0.6 is 12.4 Å². The number of pyridine rings is 1. The second-order valence-electron chi connectivity index (χ2n) is 4.12. The first-order chi connectivity index (χ1) is 5.52. The van der Waals surface area contributed by atoms with Gasteiger partial charge in [-0.1, -0.05) is 20.8 Å². The largest absolute Gasteiger partial charge is 0.324 e. The summed E-state index contributed by atoms with van der Waals surface area (Å²) < 4.78 is 0. The molecule has 2 nitrogen and oxygen atoms in total. The summed E-state index contributed by atoms with van der Waals surface area (Å²) in [6.07, 6.45) is 3.56. The van der Waals surface area contributed by atoms with Gasteiger partial charge in [0.25, 0.3) is 0 Å². The Hall–Kier alpha value is -0.600. The quantitative estimate of drug-likeness (QED) is 0.757. The minimum atomic E-state index is 0. The van der Waals surface area contributed by atoms with Crippen LogP contribution in [-0.2, 0) is 0 Å². The van der Waals surface area contributed by atoms with E-state index in [2.05, 4.69) is 25.8 Å². The molecule has 0 amide bonds. The Morgan fingerprint density at radius 2 is 1.69 bits per heavy atom. The second-order valence-corrected chi connectivity index (χ2v) is 4.12. The molecule has 3 heteroatoms. The smallest absolute Gasteiger partial charge is 0.0345 e. The molecule has 0 unspecified atom stereocenters. The van der Waals surface area contributed by atoms with Crippen molar-refractivity contribution in [2.24, 2.45) is 11.1 Å². The van der Waals surface area contributed by atoms with Gasteiger partial charge in [0.15, 0.2) is 0 Å². The number of rotatable bonds is 1. The molecule has 74 valence electrons. The van der Waals surface area contributed by atoms with Gasteiger partial charge in [0.05, 0.1) is 0 Å². The number of nitrogens with two attached hydrogens (primary N) is 1. The average Bonchev–Trinajstić information content (AvgIpc) is 2.03. The summed E-state index contributed by atoms with van der Waals surface area (Å²) in [4.78, 5) is 3.95. The zero-order valence-corrected chi connectivity index (χ0v) is 9.14. The van der Waals surface area contributed by atoms with Gasteiger partial charge in [-0.25, -0.2) is 0 Å². The first kappa shape index (κ1) is 12.4. The van der Waals surface area contributed by atoms with Crippen molar-refractivity contribution >= 4 is 12.4 Å². The van der Waals surface area contributed by atoms with Gasteiger partial charge in [-0.3, -0.25) is 4.98 Å². The van der Waals surface area contributed by atoms with Crippen molar-refractivity contribution in [2.75, 3.05) is 0 Å². The Kier molecular flexibility index (Phi) is 4.37. The minimum Gasteiger partial charge on any atom is -0.324 e. The van der Waals surface area contributed by atoms with Crippen LogP contribution < -0.4 is 5.73 Å². The maximum Gasteiger partial charge on any atom is 0.0345 e. The summed E-state index contributed by atoms with van der Waals surface area (Å²) in [5.74, 6) is 0. The molecular weight excluding hydrogens is 184 g/mol. The SMILES string of the molecule is CC(C)(C)[C@H](N)c1ccncc1.Cl. The number of nitrogens with zero attached hydrogens (tertiary/aromatic N) is 1. The third kappa shape index (κ3) is 3.33. The predicted molar refractivity (Wildman–Crippen MR) is 57.9 cm³/mol. The van der Waals surface area contributed by atoms with E-state index >= 15 is 0 Å². The van der Waals surface area contributed by atoms with Crippen LogP contribution in [-0.4, -0.2) is 4.98 Å². The van der Waals surface area contributed by atoms with E-state index in [9.17, 15) is 0 Å². The van der Waals surface area contributed by atoms with Crippen molar-refractivity contribution in [3.63, 3.8) is 0 Å².